The van der Waals surface area contributed by atoms with Crippen molar-refractivity contribution in [1.29, 1.82) is 0 Å². The van der Waals surface area contributed by atoms with Gasteiger partial charge in [-0.25, -0.2) is 0 Å². The second-order valence-electron chi connectivity index (χ2n) is 6.43. The van der Waals surface area contributed by atoms with Crippen molar-refractivity contribution < 1.29 is 19.2 Å². The van der Waals surface area contributed by atoms with E-state index < -0.39 is 16.7 Å². The Morgan fingerprint density at radius 1 is 0.935 bits per heavy atom. The summed E-state index contributed by atoms with van der Waals surface area (Å²) in [6.07, 6.45) is 2.84. The third-order valence-corrected chi connectivity index (χ3v) is 4.17. The lowest BCUT2D eigenvalue weighted by molar-refractivity contribution is -0.384. The number of non-ortho nitro benzene ring substituents is 1. The molecule has 0 aliphatic rings. The Morgan fingerprint density at radius 3 is 2.39 bits per heavy atom. The molecule has 156 valence electrons. The highest BCUT2D eigenvalue weighted by molar-refractivity contribution is 5.98. The SMILES string of the molecule is O=C(/C=C/c1ccc(OCc2ccccc2)cc1)NNC(=O)c1cccc([N+](=O)[O-])c1. The summed E-state index contributed by atoms with van der Waals surface area (Å²) in [6.45, 7) is 0.461. The maximum atomic E-state index is 12.0. The van der Waals surface area contributed by atoms with E-state index in [1.165, 1.54) is 24.3 Å². The molecule has 8 heteroatoms. The molecule has 0 atom stereocenters. The fraction of sp³-hybridized carbons (Fsp3) is 0.0435. The van der Waals surface area contributed by atoms with Gasteiger partial charge in [-0.15, -0.1) is 0 Å². The molecule has 0 saturated carbocycles. The average molecular weight is 417 g/mol. The van der Waals surface area contributed by atoms with Crippen LogP contribution in [0.1, 0.15) is 21.5 Å². The number of amides is 2. The van der Waals surface area contributed by atoms with Gasteiger partial charge in [0.15, 0.2) is 0 Å². The Morgan fingerprint density at radius 2 is 1.68 bits per heavy atom. The van der Waals surface area contributed by atoms with Crippen LogP contribution in [0.25, 0.3) is 6.08 Å². The molecule has 0 radical (unpaired) electrons. The van der Waals surface area contributed by atoms with Crippen molar-refractivity contribution in [2.24, 2.45) is 0 Å². The van der Waals surface area contributed by atoms with Gasteiger partial charge in [-0.05, 0) is 35.4 Å². The summed E-state index contributed by atoms with van der Waals surface area (Å²) in [6, 6.07) is 22.2. The number of hydrogen-bond acceptors (Lipinski definition) is 5. The monoisotopic (exact) mass is 417 g/mol. The molecule has 0 spiro atoms. The molecule has 0 heterocycles. The number of nitrogens with zero attached hydrogens (tertiary/aromatic N) is 1. The van der Waals surface area contributed by atoms with E-state index in [1.54, 1.807) is 30.3 Å². The van der Waals surface area contributed by atoms with Gasteiger partial charge in [-0.2, -0.15) is 0 Å². The minimum atomic E-state index is -0.662. The lowest BCUT2D eigenvalue weighted by Crippen LogP contribution is -2.40. The van der Waals surface area contributed by atoms with Gasteiger partial charge in [-0.1, -0.05) is 48.5 Å². The summed E-state index contributed by atoms with van der Waals surface area (Å²) >= 11 is 0. The Hall–Kier alpha value is -4.46. The highest BCUT2D eigenvalue weighted by atomic mass is 16.6. The van der Waals surface area contributed by atoms with Crippen molar-refractivity contribution >= 4 is 23.6 Å². The van der Waals surface area contributed by atoms with E-state index in [0.29, 0.717) is 12.4 Å². The van der Waals surface area contributed by atoms with Crippen molar-refractivity contribution in [2.45, 2.75) is 6.61 Å². The molecule has 0 aliphatic heterocycles. The molecular weight excluding hydrogens is 398 g/mol. The van der Waals surface area contributed by atoms with Crippen LogP contribution < -0.4 is 15.6 Å². The zero-order valence-corrected chi connectivity index (χ0v) is 16.4. The van der Waals surface area contributed by atoms with E-state index in [1.807, 2.05) is 30.3 Å². The number of nitro groups is 1. The minimum absolute atomic E-state index is 0.0598. The largest absolute Gasteiger partial charge is 0.489 e. The maximum absolute atomic E-state index is 12.0. The first-order valence-electron chi connectivity index (χ1n) is 9.31. The Kier molecular flexibility index (Phi) is 7.10. The number of ether oxygens (including phenoxy) is 1. The molecule has 0 saturated heterocycles. The van der Waals surface area contributed by atoms with Gasteiger partial charge in [0.05, 0.1) is 4.92 Å². The lowest BCUT2D eigenvalue weighted by atomic mass is 10.2. The number of carbonyl (C=O) groups is 2. The molecule has 0 unspecified atom stereocenters. The first-order valence-corrected chi connectivity index (χ1v) is 9.31. The van der Waals surface area contributed by atoms with E-state index in [2.05, 4.69) is 10.9 Å². The molecule has 8 nitrogen and oxygen atoms in total. The molecule has 2 amide bonds. The average Bonchev–Trinajstić information content (AvgIpc) is 2.81. The molecule has 0 aromatic heterocycles. The van der Waals surface area contributed by atoms with Crippen molar-refractivity contribution in [3.63, 3.8) is 0 Å². The molecule has 2 N–H and O–H groups in total. The summed E-state index contributed by atoms with van der Waals surface area (Å²) in [5.41, 5.74) is 6.12. The molecule has 3 aromatic rings. The number of rotatable bonds is 7. The van der Waals surface area contributed by atoms with Gasteiger partial charge in [0.25, 0.3) is 17.5 Å². The number of carbonyl (C=O) groups excluding carboxylic acids is 2. The number of hydrazine groups is 1. The fourth-order valence-electron chi connectivity index (χ4n) is 2.58. The first-order chi connectivity index (χ1) is 15.0. The zero-order valence-electron chi connectivity index (χ0n) is 16.4. The van der Waals surface area contributed by atoms with Gasteiger partial charge >= 0.3 is 0 Å². The van der Waals surface area contributed by atoms with Gasteiger partial charge in [0.2, 0.25) is 0 Å². The number of benzene rings is 3. The molecule has 3 aromatic carbocycles. The van der Waals surface area contributed by atoms with E-state index in [0.717, 1.165) is 17.2 Å². The van der Waals surface area contributed by atoms with Crippen molar-refractivity contribution in [1.82, 2.24) is 10.9 Å². The van der Waals surface area contributed by atoms with Gasteiger partial charge in [-0.3, -0.25) is 30.6 Å². The summed E-state index contributed by atoms with van der Waals surface area (Å²) in [5, 5.41) is 10.8. The quantitative estimate of drug-likeness (QED) is 0.346. The van der Waals surface area contributed by atoms with Crippen LogP contribution in [0, 0.1) is 10.1 Å². The van der Waals surface area contributed by atoms with Crippen molar-refractivity contribution in [3.05, 3.63) is 112 Å². The molecular formula is C23H19N3O5. The van der Waals surface area contributed by atoms with Gasteiger partial charge in [0.1, 0.15) is 12.4 Å². The molecule has 0 bridgehead atoms. The predicted molar refractivity (Wildman–Crippen MR) is 115 cm³/mol. The second kappa shape index (κ2) is 10.4. The summed E-state index contributed by atoms with van der Waals surface area (Å²) < 4.78 is 5.71. The number of hydrogen-bond donors (Lipinski definition) is 2. The Labute approximate surface area is 178 Å². The second-order valence-corrected chi connectivity index (χ2v) is 6.43. The fourth-order valence-corrected chi connectivity index (χ4v) is 2.58. The van der Waals surface area contributed by atoms with Gasteiger partial charge < -0.3 is 4.74 Å². The van der Waals surface area contributed by atoms with Crippen molar-refractivity contribution in [3.8, 4) is 5.75 Å². The van der Waals surface area contributed by atoms with Crippen molar-refractivity contribution in [2.75, 3.05) is 0 Å². The predicted octanol–water partition coefficient (Wildman–Crippen LogP) is 3.65. The highest BCUT2D eigenvalue weighted by Gasteiger charge is 2.11. The van der Waals surface area contributed by atoms with Crippen LogP contribution in [0.5, 0.6) is 5.75 Å². The Balaban J connectivity index is 1.47. The highest BCUT2D eigenvalue weighted by Crippen LogP contribution is 2.15. The third-order valence-electron chi connectivity index (χ3n) is 4.17. The molecule has 31 heavy (non-hydrogen) atoms. The summed E-state index contributed by atoms with van der Waals surface area (Å²) in [5.74, 6) is -0.511. The number of nitrogens with one attached hydrogen (secondary N) is 2. The lowest BCUT2D eigenvalue weighted by Gasteiger charge is -2.06. The van der Waals surface area contributed by atoms with Gasteiger partial charge in [0, 0.05) is 23.8 Å². The van der Waals surface area contributed by atoms with E-state index >= 15 is 0 Å². The Bertz CT molecular complexity index is 1100. The van der Waals surface area contributed by atoms with Crippen LogP contribution in [0.2, 0.25) is 0 Å². The van der Waals surface area contributed by atoms with Crippen LogP contribution in [0.4, 0.5) is 5.69 Å². The van der Waals surface area contributed by atoms with Crippen LogP contribution in [0.15, 0.2) is 84.9 Å². The summed E-state index contributed by atoms with van der Waals surface area (Å²) in [7, 11) is 0. The normalized spacial score (nSPS) is 10.5. The minimum Gasteiger partial charge on any atom is -0.489 e. The van der Waals surface area contributed by atoms with Crippen LogP contribution in [0.3, 0.4) is 0 Å². The first kappa shape index (κ1) is 21.3. The van der Waals surface area contributed by atoms with Crippen LogP contribution >= 0.6 is 0 Å². The van der Waals surface area contributed by atoms with Crippen LogP contribution in [-0.2, 0) is 11.4 Å². The molecule has 3 rings (SSSR count). The standard InChI is InChI=1S/C23H19N3O5/c27-22(24-25-23(28)19-7-4-8-20(15-19)26(29)30)14-11-17-9-12-21(13-10-17)31-16-18-5-2-1-3-6-18/h1-15H,16H2,(H,24,27)(H,25,28)/b14-11+. The van der Waals surface area contributed by atoms with E-state index in [-0.39, 0.29) is 11.3 Å². The zero-order chi connectivity index (χ0) is 22.1. The van der Waals surface area contributed by atoms with Crippen LogP contribution in [-0.4, -0.2) is 16.7 Å². The molecule has 0 fully saturated rings. The smallest absolute Gasteiger partial charge is 0.270 e. The number of nitro benzene ring substituents is 1. The maximum Gasteiger partial charge on any atom is 0.270 e. The van der Waals surface area contributed by atoms with E-state index in [9.17, 15) is 19.7 Å². The third kappa shape index (κ3) is 6.53. The summed E-state index contributed by atoms with van der Waals surface area (Å²) in [4.78, 5) is 34.1. The topological polar surface area (TPSA) is 111 Å². The van der Waals surface area contributed by atoms with E-state index in [4.69, 9.17) is 4.74 Å². The molecule has 0 aliphatic carbocycles.